The second-order valence-corrected chi connectivity index (χ2v) is 1.20. The minimum Gasteiger partial charge on any atom is -0.233 e. The molecule has 0 bridgehead atoms. The van der Waals surface area contributed by atoms with Crippen LogP contribution in [0.3, 0.4) is 0 Å². The van der Waals surface area contributed by atoms with E-state index in [0.29, 0.717) is 0 Å². The van der Waals surface area contributed by atoms with Gasteiger partial charge in [0, 0.05) is 0 Å². The van der Waals surface area contributed by atoms with Gasteiger partial charge in [0.05, 0.1) is 6.10 Å². The van der Waals surface area contributed by atoms with Crippen molar-refractivity contribution in [3.8, 4) is 0 Å². The topological polar surface area (TPSA) is 19.9 Å². The lowest BCUT2D eigenvalue weighted by Crippen LogP contribution is -1.60. The summed E-state index contributed by atoms with van der Waals surface area (Å²) in [5, 5.41) is 9.64. The maximum Gasteiger partial charge on any atom is 0.0932 e. The fourth-order valence-corrected chi connectivity index (χ4v) is 0.0680. The molecular weight excluding hydrogens is 52.0 g/mol. The van der Waals surface area contributed by atoms with Crippen LogP contribution in [-0.4, -0.2) is 6.10 Å². The molecule has 0 aromatic rings. The van der Waals surface area contributed by atoms with Gasteiger partial charge in [0.1, 0.15) is 0 Å². The highest BCUT2D eigenvalue weighted by Gasteiger charge is 2.18. The van der Waals surface area contributed by atoms with Crippen molar-refractivity contribution in [1.29, 1.82) is 0 Å². The van der Waals surface area contributed by atoms with Crippen LogP contribution in [0.5, 0.6) is 0 Å². The van der Waals surface area contributed by atoms with Gasteiger partial charge < -0.3 is 0 Å². The quantitative estimate of drug-likeness (QED) is 0.387. The van der Waals surface area contributed by atoms with Crippen LogP contribution in [-0.2, 0) is 5.11 Å². The van der Waals surface area contributed by atoms with E-state index in [1.807, 2.05) is 0 Å². The number of hydrogen-bond acceptors (Lipinski definition) is 0. The van der Waals surface area contributed by atoms with Crippen LogP contribution in [0.2, 0.25) is 0 Å². The molecule has 1 fully saturated rings. The summed E-state index contributed by atoms with van der Waals surface area (Å²) in [4.78, 5) is 0. The van der Waals surface area contributed by atoms with Gasteiger partial charge in [0.2, 0.25) is 0 Å². The predicted octanol–water partition coefficient (Wildman–Crippen LogP) is 0.579. The van der Waals surface area contributed by atoms with Crippen molar-refractivity contribution in [2.24, 2.45) is 0 Å². The summed E-state index contributed by atoms with van der Waals surface area (Å²) in [5.74, 6) is 0. The molecule has 0 aromatic heterocycles. The van der Waals surface area contributed by atoms with Gasteiger partial charge in [-0.2, -0.15) is 0 Å². The molecule has 4 heavy (non-hydrogen) atoms. The van der Waals surface area contributed by atoms with Crippen molar-refractivity contribution in [2.75, 3.05) is 0 Å². The second kappa shape index (κ2) is 0.462. The van der Waals surface area contributed by atoms with Crippen LogP contribution < -0.4 is 0 Å². The zero-order chi connectivity index (χ0) is 2.99. The normalized spacial score (nSPS) is 26.2. The maximum absolute atomic E-state index is 9.64. The molecule has 23 valence electrons. The van der Waals surface area contributed by atoms with E-state index in [4.69, 9.17) is 0 Å². The maximum atomic E-state index is 9.64. The Morgan fingerprint density at radius 2 is 1.75 bits per heavy atom. The third kappa shape index (κ3) is 0.206. The summed E-state index contributed by atoms with van der Waals surface area (Å²) in [6.45, 7) is 0. The Morgan fingerprint density at radius 1 is 1.50 bits per heavy atom. The third-order valence-electron chi connectivity index (χ3n) is 0.524. The fraction of sp³-hybridized carbons (Fsp3) is 1.00. The van der Waals surface area contributed by atoms with Crippen molar-refractivity contribution in [3.05, 3.63) is 0 Å². The molecule has 1 aliphatic carbocycles. The lowest BCUT2D eigenvalue weighted by atomic mass is 10.9. The second-order valence-electron chi connectivity index (χ2n) is 1.20. The highest BCUT2D eigenvalue weighted by molar-refractivity contribution is 4.68. The highest BCUT2D eigenvalue weighted by atomic mass is 16.3. The molecule has 0 amide bonds. The third-order valence-corrected chi connectivity index (χ3v) is 0.524. The highest BCUT2D eigenvalue weighted by Crippen LogP contribution is 2.17. The Bertz CT molecular complexity index is 22.5. The summed E-state index contributed by atoms with van der Waals surface area (Å²) in [5.41, 5.74) is 0. The van der Waals surface area contributed by atoms with E-state index >= 15 is 0 Å². The Labute approximate surface area is 25.3 Å². The molecule has 1 heteroatoms. The summed E-state index contributed by atoms with van der Waals surface area (Å²) >= 11 is 0. The van der Waals surface area contributed by atoms with Crippen LogP contribution in [0.25, 0.3) is 0 Å². The molecule has 0 unspecified atom stereocenters. The minimum absolute atomic E-state index is 0.167. The molecule has 0 saturated heterocycles. The molecule has 1 radical (unpaired) electrons. The summed E-state index contributed by atoms with van der Waals surface area (Å²) in [6, 6.07) is 0. The van der Waals surface area contributed by atoms with E-state index in [2.05, 4.69) is 0 Å². The van der Waals surface area contributed by atoms with Crippen molar-refractivity contribution in [3.63, 3.8) is 0 Å². The van der Waals surface area contributed by atoms with E-state index in [-0.39, 0.29) is 6.10 Å². The first-order valence-electron chi connectivity index (χ1n) is 1.55. The standard InChI is InChI=1S/C3H5O/c4-3-1-2-3/h3H,1-2H2. The van der Waals surface area contributed by atoms with Crippen molar-refractivity contribution in [1.82, 2.24) is 0 Å². The smallest absolute Gasteiger partial charge is 0.0932 e. The van der Waals surface area contributed by atoms with Gasteiger partial charge in [-0.3, -0.25) is 0 Å². The molecule has 0 aliphatic heterocycles. The molecule has 0 N–H and O–H groups in total. The van der Waals surface area contributed by atoms with Crippen LogP contribution in [0.15, 0.2) is 0 Å². The van der Waals surface area contributed by atoms with Gasteiger partial charge in [-0.15, -0.1) is 0 Å². The Hall–Kier alpha value is -0.0400. The summed E-state index contributed by atoms with van der Waals surface area (Å²) < 4.78 is 0. The average molecular weight is 57.1 g/mol. The largest absolute Gasteiger partial charge is 0.233 e. The van der Waals surface area contributed by atoms with Gasteiger partial charge in [-0.25, -0.2) is 5.11 Å². The van der Waals surface area contributed by atoms with Crippen molar-refractivity contribution >= 4 is 0 Å². The van der Waals surface area contributed by atoms with E-state index in [9.17, 15) is 5.11 Å². The monoisotopic (exact) mass is 57.0 g/mol. The molecule has 0 aromatic carbocycles. The van der Waals surface area contributed by atoms with Gasteiger partial charge in [-0.05, 0) is 12.8 Å². The average Bonchev–Trinajstić information content (AvgIpc) is 1.75. The van der Waals surface area contributed by atoms with E-state index in [1.54, 1.807) is 0 Å². The van der Waals surface area contributed by atoms with E-state index in [0.717, 1.165) is 12.8 Å². The fourth-order valence-electron chi connectivity index (χ4n) is 0.0680. The van der Waals surface area contributed by atoms with E-state index in [1.165, 1.54) is 0 Å². The molecule has 1 saturated carbocycles. The van der Waals surface area contributed by atoms with Crippen LogP contribution >= 0.6 is 0 Å². The number of hydrogen-bond donors (Lipinski definition) is 0. The zero-order valence-corrected chi connectivity index (χ0v) is 2.40. The Morgan fingerprint density at radius 3 is 1.75 bits per heavy atom. The Balaban J connectivity index is 2.17. The molecule has 1 rings (SSSR count). The van der Waals surface area contributed by atoms with Crippen LogP contribution in [0.4, 0.5) is 0 Å². The van der Waals surface area contributed by atoms with Gasteiger partial charge in [0.15, 0.2) is 0 Å². The van der Waals surface area contributed by atoms with Crippen LogP contribution in [0.1, 0.15) is 12.8 Å². The molecule has 0 spiro atoms. The van der Waals surface area contributed by atoms with Crippen molar-refractivity contribution in [2.45, 2.75) is 18.9 Å². The van der Waals surface area contributed by atoms with Gasteiger partial charge in [-0.1, -0.05) is 0 Å². The lowest BCUT2D eigenvalue weighted by molar-refractivity contribution is 0.175. The predicted molar refractivity (Wildman–Crippen MR) is 13.7 cm³/mol. The minimum atomic E-state index is -0.167. The first kappa shape index (κ1) is 2.21. The molecule has 1 aliphatic rings. The molecule has 0 heterocycles. The molecular formula is C3H5O. The van der Waals surface area contributed by atoms with E-state index < -0.39 is 0 Å². The van der Waals surface area contributed by atoms with Crippen LogP contribution in [0, 0.1) is 0 Å². The Kier molecular flexibility index (Phi) is 0.256. The SMILES string of the molecule is [O]C1CC1. The van der Waals surface area contributed by atoms with Gasteiger partial charge >= 0.3 is 0 Å². The van der Waals surface area contributed by atoms with Crippen molar-refractivity contribution < 1.29 is 5.11 Å². The molecule has 1 nitrogen and oxygen atoms in total. The number of rotatable bonds is 0. The summed E-state index contributed by atoms with van der Waals surface area (Å²) in [6.07, 6.45) is 1.69. The lowest BCUT2D eigenvalue weighted by Gasteiger charge is -1.50. The van der Waals surface area contributed by atoms with Gasteiger partial charge in [0.25, 0.3) is 0 Å². The summed E-state index contributed by atoms with van der Waals surface area (Å²) in [7, 11) is 0. The first-order chi connectivity index (χ1) is 1.89. The zero-order valence-electron chi connectivity index (χ0n) is 2.40. The molecule has 0 atom stereocenters. The first-order valence-corrected chi connectivity index (χ1v) is 1.55.